The van der Waals surface area contributed by atoms with Crippen LogP contribution in [0.15, 0.2) is 77.7 Å². The molecule has 1 amide bonds. The number of aryl methyl sites for hydroxylation is 1. The van der Waals surface area contributed by atoms with Gasteiger partial charge < -0.3 is 14.8 Å². The summed E-state index contributed by atoms with van der Waals surface area (Å²) < 4.78 is 39.7. The van der Waals surface area contributed by atoms with E-state index >= 15 is 0 Å². The van der Waals surface area contributed by atoms with Crippen LogP contribution in [0, 0.1) is 6.92 Å². The van der Waals surface area contributed by atoms with Crippen LogP contribution in [0.2, 0.25) is 0 Å². The largest absolute Gasteiger partial charge is 0.476 e. The number of morpholine rings is 1. The number of benzene rings is 3. The van der Waals surface area contributed by atoms with Gasteiger partial charge >= 0.3 is 0 Å². The van der Waals surface area contributed by atoms with Crippen LogP contribution in [-0.2, 0) is 32.6 Å². The number of amides is 1. The van der Waals surface area contributed by atoms with E-state index in [2.05, 4.69) is 22.3 Å². The first-order valence-electron chi connectivity index (χ1n) is 12.4. The van der Waals surface area contributed by atoms with E-state index in [-0.39, 0.29) is 17.3 Å². The average molecular weight is 522 g/mol. The van der Waals surface area contributed by atoms with E-state index in [1.165, 1.54) is 9.87 Å². The Hall–Kier alpha value is -3.40. The molecule has 9 heteroatoms. The predicted molar refractivity (Wildman–Crippen MR) is 141 cm³/mol. The van der Waals surface area contributed by atoms with E-state index in [4.69, 9.17) is 9.47 Å². The maximum absolute atomic E-state index is 13.5. The Bertz CT molecular complexity index is 1350. The summed E-state index contributed by atoms with van der Waals surface area (Å²) in [5.41, 5.74) is 3.53. The molecular formula is C28H31N3O5S. The van der Waals surface area contributed by atoms with Gasteiger partial charge in [-0.05, 0) is 42.3 Å². The van der Waals surface area contributed by atoms with Gasteiger partial charge in [-0.2, -0.15) is 0 Å². The minimum Gasteiger partial charge on any atom is -0.476 e. The Morgan fingerprint density at radius 1 is 0.973 bits per heavy atom. The molecule has 0 aromatic heterocycles. The number of hydrogen-bond donors (Lipinski definition) is 1. The summed E-state index contributed by atoms with van der Waals surface area (Å²) in [5, 5.41) is 2.93. The van der Waals surface area contributed by atoms with Crippen molar-refractivity contribution < 1.29 is 22.7 Å². The number of carbonyl (C=O) groups excluding carboxylic acids is 1. The average Bonchev–Trinajstić information content (AvgIpc) is 2.92. The fraction of sp³-hybridized carbons (Fsp3) is 0.321. The third kappa shape index (κ3) is 5.79. The maximum Gasteiger partial charge on any atom is 0.264 e. The zero-order chi connectivity index (χ0) is 25.8. The number of sulfonamides is 1. The van der Waals surface area contributed by atoms with Crippen LogP contribution in [0.4, 0.5) is 5.69 Å². The quantitative estimate of drug-likeness (QED) is 0.514. The van der Waals surface area contributed by atoms with Gasteiger partial charge in [0.1, 0.15) is 5.75 Å². The number of hydrogen-bond acceptors (Lipinski definition) is 6. The second-order valence-corrected chi connectivity index (χ2v) is 11.2. The number of para-hydroxylation sites is 2. The molecule has 1 atom stereocenters. The summed E-state index contributed by atoms with van der Waals surface area (Å²) in [6.07, 6.45) is -0.980. The summed E-state index contributed by atoms with van der Waals surface area (Å²) in [6.45, 7) is 6.25. The van der Waals surface area contributed by atoms with Gasteiger partial charge in [0, 0.05) is 26.2 Å². The van der Waals surface area contributed by atoms with Crippen molar-refractivity contribution in [3.05, 3.63) is 89.5 Å². The smallest absolute Gasteiger partial charge is 0.264 e. The van der Waals surface area contributed by atoms with Crippen LogP contribution in [-0.4, -0.2) is 58.2 Å². The monoisotopic (exact) mass is 521 g/mol. The molecule has 0 spiro atoms. The molecule has 37 heavy (non-hydrogen) atoms. The first-order chi connectivity index (χ1) is 17.9. The van der Waals surface area contributed by atoms with E-state index in [1.807, 2.05) is 19.1 Å². The molecule has 5 rings (SSSR count). The first-order valence-corrected chi connectivity index (χ1v) is 13.8. The normalized spacial score (nSPS) is 18.1. The summed E-state index contributed by atoms with van der Waals surface area (Å²) >= 11 is 0. The molecule has 2 aliphatic rings. The van der Waals surface area contributed by atoms with Crippen LogP contribution >= 0.6 is 0 Å². The molecule has 194 valence electrons. The number of fused-ring (bicyclic) bond motifs is 1. The second-order valence-electron chi connectivity index (χ2n) is 9.35. The molecule has 0 unspecified atom stereocenters. The summed E-state index contributed by atoms with van der Waals surface area (Å²) in [5.74, 6) is -0.00529. The highest BCUT2D eigenvalue weighted by molar-refractivity contribution is 7.92. The molecule has 2 heterocycles. The predicted octanol–water partition coefficient (Wildman–Crippen LogP) is 3.10. The highest BCUT2D eigenvalue weighted by atomic mass is 32.2. The Morgan fingerprint density at radius 3 is 2.49 bits per heavy atom. The fourth-order valence-electron chi connectivity index (χ4n) is 4.56. The molecule has 0 bridgehead atoms. The molecule has 8 nitrogen and oxygen atoms in total. The van der Waals surface area contributed by atoms with Crippen LogP contribution in [0.5, 0.6) is 5.75 Å². The molecule has 3 aromatic rings. The highest BCUT2D eigenvalue weighted by Crippen LogP contribution is 2.36. The van der Waals surface area contributed by atoms with E-state index in [9.17, 15) is 13.2 Å². The number of nitrogens with zero attached hydrogens (tertiary/aromatic N) is 2. The Morgan fingerprint density at radius 2 is 1.70 bits per heavy atom. The van der Waals surface area contributed by atoms with E-state index < -0.39 is 16.1 Å². The van der Waals surface area contributed by atoms with Gasteiger partial charge in [-0.25, -0.2) is 8.42 Å². The van der Waals surface area contributed by atoms with Gasteiger partial charge in [-0.3, -0.25) is 14.0 Å². The lowest BCUT2D eigenvalue weighted by atomic mass is 10.1. The number of rotatable bonds is 7. The number of ether oxygens (including phenoxy) is 2. The zero-order valence-corrected chi connectivity index (χ0v) is 21.6. The standard InChI is InChI=1S/C28H31N3O5S/c1-21-9-11-24(12-10-21)37(33,34)31-20-27(36-26-8-3-2-7-25(26)31)28(32)29-18-22-5-4-6-23(17-22)19-30-13-15-35-16-14-30/h2-12,17,27H,13-16,18-20H2,1H3,(H,29,32)/t27-/m0/s1. The highest BCUT2D eigenvalue weighted by Gasteiger charge is 2.37. The Balaban J connectivity index is 1.29. The Kier molecular flexibility index (Phi) is 7.45. The van der Waals surface area contributed by atoms with Crippen molar-refractivity contribution in [2.75, 3.05) is 37.2 Å². The third-order valence-corrected chi connectivity index (χ3v) is 8.40. The SMILES string of the molecule is Cc1ccc(S(=O)(=O)N2C[C@@H](C(=O)NCc3cccc(CN4CCOCC4)c3)Oc3ccccc32)cc1. The van der Waals surface area contributed by atoms with Gasteiger partial charge in [0.05, 0.1) is 30.3 Å². The van der Waals surface area contributed by atoms with Crippen molar-refractivity contribution in [2.24, 2.45) is 0 Å². The minimum absolute atomic E-state index is 0.115. The van der Waals surface area contributed by atoms with Gasteiger partial charge in [-0.15, -0.1) is 0 Å². The number of nitrogens with one attached hydrogen (secondary N) is 1. The van der Waals surface area contributed by atoms with Gasteiger partial charge in [0.15, 0.2) is 6.10 Å². The molecule has 1 N–H and O–H groups in total. The lowest BCUT2D eigenvalue weighted by Gasteiger charge is -2.34. The van der Waals surface area contributed by atoms with Crippen molar-refractivity contribution in [3.63, 3.8) is 0 Å². The lowest BCUT2D eigenvalue weighted by molar-refractivity contribution is -0.127. The third-order valence-electron chi connectivity index (χ3n) is 6.60. The van der Waals surface area contributed by atoms with Crippen molar-refractivity contribution >= 4 is 21.6 Å². The van der Waals surface area contributed by atoms with Crippen molar-refractivity contribution in [2.45, 2.75) is 31.0 Å². The number of carbonyl (C=O) groups is 1. The lowest BCUT2D eigenvalue weighted by Crippen LogP contribution is -2.50. The zero-order valence-electron chi connectivity index (χ0n) is 20.8. The summed E-state index contributed by atoms with van der Waals surface area (Å²) in [6, 6.07) is 21.7. The van der Waals surface area contributed by atoms with Crippen LogP contribution in [0.25, 0.3) is 0 Å². The molecule has 0 saturated carbocycles. The fourth-order valence-corrected chi connectivity index (χ4v) is 6.04. The minimum atomic E-state index is -3.89. The molecule has 3 aromatic carbocycles. The Labute approximate surface area is 217 Å². The van der Waals surface area contributed by atoms with Crippen molar-refractivity contribution in [3.8, 4) is 5.75 Å². The molecule has 0 radical (unpaired) electrons. The molecular weight excluding hydrogens is 490 g/mol. The molecule has 1 fully saturated rings. The van der Waals surface area contributed by atoms with Crippen molar-refractivity contribution in [1.29, 1.82) is 0 Å². The summed E-state index contributed by atoms with van der Waals surface area (Å²) in [4.78, 5) is 15.7. The van der Waals surface area contributed by atoms with Crippen LogP contribution in [0.1, 0.15) is 16.7 Å². The molecule has 1 saturated heterocycles. The molecule has 2 aliphatic heterocycles. The maximum atomic E-state index is 13.5. The molecule has 0 aliphatic carbocycles. The van der Waals surface area contributed by atoms with E-state index in [0.717, 1.165) is 44.0 Å². The van der Waals surface area contributed by atoms with E-state index in [0.29, 0.717) is 18.0 Å². The van der Waals surface area contributed by atoms with Gasteiger partial charge in [-0.1, -0.05) is 54.1 Å². The van der Waals surface area contributed by atoms with Gasteiger partial charge in [0.2, 0.25) is 0 Å². The summed E-state index contributed by atoms with van der Waals surface area (Å²) in [7, 11) is -3.89. The topological polar surface area (TPSA) is 88.2 Å². The van der Waals surface area contributed by atoms with E-state index in [1.54, 1.807) is 48.5 Å². The van der Waals surface area contributed by atoms with Gasteiger partial charge in [0.25, 0.3) is 15.9 Å². The van der Waals surface area contributed by atoms with Crippen molar-refractivity contribution in [1.82, 2.24) is 10.2 Å². The number of anilines is 1. The van der Waals surface area contributed by atoms with Crippen LogP contribution < -0.4 is 14.4 Å². The second kappa shape index (κ2) is 10.9. The van der Waals surface area contributed by atoms with Crippen LogP contribution in [0.3, 0.4) is 0 Å². The first kappa shape index (κ1) is 25.3.